The van der Waals surface area contributed by atoms with Crippen molar-refractivity contribution in [2.45, 2.75) is 39.2 Å². The number of ether oxygens (including phenoxy) is 1. The van der Waals surface area contributed by atoms with Gasteiger partial charge in [0.05, 0.1) is 6.10 Å². The highest BCUT2D eigenvalue weighted by atomic mass is 19.1. The fraction of sp³-hybridized carbons (Fsp3) is 0.348. The molecular formula is C23H26FN3O3. The van der Waals surface area contributed by atoms with Crippen molar-refractivity contribution in [3.63, 3.8) is 0 Å². The Hall–Kier alpha value is -3.06. The van der Waals surface area contributed by atoms with Crippen molar-refractivity contribution >= 4 is 5.91 Å². The molecule has 7 heteroatoms. The van der Waals surface area contributed by atoms with E-state index in [1.165, 1.54) is 6.07 Å². The SMILES string of the molecule is Cc1ccc(-c2noc(CCC(=O)NCCCOC(C)c3ccccc3)n2)cc1F. The molecule has 0 fully saturated rings. The molecular weight excluding hydrogens is 385 g/mol. The van der Waals surface area contributed by atoms with Crippen molar-refractivity contribution < 1.29 is 18.4 Å². The Labute approximate surface area is 175 Å². The smallest absolute Gasteiger partial charge is 0.227 e. The summed E-state index contributed by atoms with van der Waals surface area (Å²) in [5, 5.41) is 6.72. The average molecular weight is 411 g/mol. The molecule has 1 amide bonds. The second-order valence-corrected chi connectivity index (χ2v) is 7.10. The minimum absolute atomic E-state index is 0.0237. The number of nitrogens with one attached hydrogen (secondary N) is 1. The fourth-order valence-electron chi connectivity index (χ4n) is 2.89. The lowest BCUT2D eigenvalue weighted by atomic mass is 10.1. The molecule has 0 saturated carbocycles. The van der Waals surface area contributed by atoms with E-state index in [2.05, 4.69) is 15.5 Å². The van der Waals surface area contributed by atoms with Gasteiger partial charge in [0.1, 0.15) is 5.82 Å². The molecule has 0 saturated heterocycles. The third-order valence-electron chi connectivity index (χ3n) is 4.74. The van der Waals surface area contributed by atoms with Crippen molar-refractivity contribution in [3.05, 3.63) is 71.4 Å². The van der Waals surface area contributed by atoms with Gasteiger partial charge in [0.25, 0.3) is 0 Å². The lowest BCUT2D eigenvalue weighted by Gasteiger charge is -2.13. The monoisotopic (exact) mass is 411 g/mol. The number of halogens is 1. The van der Waals surface area contributed by atoms with Gasteiger partial charge in [-0.25, -0.2) is 4.39 Å². The van der Waals surface area contributed by atoms with E-state index in [9.17, 15) is 9.18 Å². The van der Waals surface area contributed by atoms with Crippen LogP contribution in [0.4, 0.5) is 4.39 Å². The first-order valence-electron chi connectivity index (χ1n) is 10.1. The van der Waals surface area contributed by atoms with E-state index in [4.69, 9.17) is 9.26 Å². The largest absolute Gasteiger partial charge is 0.374 e. The van der Waals surface area contributed by atoms with Crippen LogP contribution in [0.1, 0.15) is 42.9 Å². The first-order valence-corrected chi connectivity index (χ1v) is 10.1. The molecule has 30 heavy (non-hydrogen) atoms. The van der Waals surface area contributed by atoms with E-state index in [1.54, 1.807) is 19.1 Å². The van der Waals surface area contributed by atoms with E-state index >= 15 is 0 Å². The second-order valence-electron chi connectivity index (χ2n) is 7.10. The number of benzene rings is 2. The van der Waals surface area contributed by atoms with Crippen molar-refractivity contribution in [1.82, 2.24) is 15.5 Å². The summed E-state index contributed by atoms with van der Waals surface area (Å²) in [6, 6.07) is 14.8. The predicted octanol–water partition coefficient (Wildman–Crippen LogP) is 4.40. The van der Waals surface area contributed by atoms with Gasteiger partial charge in [0, 0.05) is 31.6 Å². The lowest BCUT2D eigenvalue weighted by molar-refractivity contribution is -0.121. The van der Waals surface area contributed by atoms with Crippen LogP contribution in [0.2, 0.25) is 0 Å². The number of aromatic nitrogens is 2. The van der Waals surface area contributed by atoms with Crippen LogP contribution in [0, 0.1) is 12.7 Å². The first kappa shape index (κ1) is 21.6. The Bertz CT molecular complexity index is 959. The summed E-state index contributed by atoms with van der Waals surface area (Å²) in [6.07, 6.45) is 1.32. The van der Waals surface area contributed by atoms with Gasteiger partial charge in [-0.05, 0) is 37.5 Å². The Morgan fingerprint density at radius 2 is 2.03 bits per heavy atom. The summed E-state index contributed by atoms with van der Waals surface area (Å²) in [5.41, 5.74) is 2.23. The summed E-state index contributed by atoms with van der Waals surface area (Å²) in [5.74, 6) is 0.253. The van der Waals surface area contributed by atoms with Gasteiger partial charge in [0.2, 0.25) is 17.6 Å². The van der Waals surface area contributed by atoms with Gasteiger partial charge >= 0.3 is 0 Å². The van der Waals surface area contributed by atoms with Crippen LogP contribution >= 0.6 is 0 Å². The quantitative estimate of drug-likeness (QED) is 0.500. The van der Waals surface area contributed by atoms with Gasteiger partial charge in [-0.15, -0.1) is 0 Å². The molecule has 0 spiro atoms. The zero-order chi connectivity index (χ0) is 21.3. The molecule has 1 atom stereocenters. The maximum atomic E-state index is 13.7. The van der Waals surface area contributed by atoms with Crippen LogP contribution in [-0.4, -0.2) is 29.2 Å². The number of carbonyl (C=O) groups is 1. The van der Waals surface area contributed by atoms with Crippen LogP contribution in [0.25, 0.3) is 11.4 Å². The van der Waals surface area contributed by atoms with E-state index in [0.717, 1.165) is 12.0 Å². The summed E-state index contributed by atoms with van der Waals surface area (Å²) in [7, 11) is 0. The van der Waals surface area contributed by atoms with Crippen molar-refractivity contribution in [1.29, 1.82) is 0 Å². The van der Waals surface area contributed by atoms with Gasteiger partial charge < -0.3 is 14.6 Å². The predicted molar refractivity (Wildman–Crippen MR) is 111 cm³/mol. The summed E-state index contributed by atoms with van der Waals surface area (Å²) >= 11 is 0. The number of rotatable bonds is 10. The number of amides is 1. The highest BCUT2D eigenvalue weighted by molar-refractivity contribution is 5.75. The number of nitrogens with zero attached hydrogens (tertiary/aromatic N) is 2. The van der Waals surface area contributed by atoms with Gasteiger partial charge in [0.15, 0.2) is 0 Å². The molecule has 0 aliphatic rings. The molecule has 0 radical (unpaired) electrons. The summed E-state index contributed by atoms with van der Waals surface area (Å²) in [6.45, 7) is 4.81. The van der Waals surface area contributed by atoms with Crippen LogP contribution in [0.5, 0.6) is 0 Å². The maximum Gasteiger partial charge on any atom is 0.227 e. The topological polar surface area (TPSA) is 77.2 Å². The number of hydrogen-bond donors (Lipinski definition) is 1. The molecule has 1 unspecified atom stereocenters. The van der Waals surface area contributed by atoms with Crippen molar-refractivity contribution in [3.8, 4) is 11.4 Å². The molecule has 158 valence electrons. The third-order valence-corrected chi connectivity index (χ3v) is 4.74. The maximum absolute atomic E-state index is 13.7. The molecule has 0 aliphatic heterocycles. The standard InChI is InChI=1S/C23H26FN3O3/c1-16-9-10-19(15-20(16)24)23-26-22(30-27-23)12-11-21(28)25-13-6-14-29-17(2)18-7-4-3-5-8-18/h3-5,7-10,15,17H,6,11-14H2,1-2H3,(H,25,28). The van der Waals surface area contributed by atoms with Gasteiger partial charge in [-0.1, -0.05) is 47.6 Å². The van der Waals surface area contributed by atoms with E-state index in [0.29, 0.717) is 42.4 Å². The van der Waals surface area contributed by atoms with Crippen molar-refractivity contribution in [2.24, 2.45) is 0 Å². The van der Waals surface area contributed by atoms with Gasteiger partial charge in [-0.2, -0.15) is 4.98 Å². The Morgan fingerprint density at radius 3 is 2.80 bits per heavy atom. The molecule has 6 nitrogen and oxygen atoms in total. The minimum Gasteiger partial charge on any atom is -0.374 e. The third kappa shape index (κ3) is 6.22. The molecule has 0 bridgehead atoms. The van der Waals surface area contributed by atoms with Crippen LogP contribution in [-0.2, 0) is 16.0 Å². The van der Waals surface area contributed by atoms with E-state index < -0.39 is 0 Å². The summed E-state index contributed by atoms with van der Waals surface area (Å²) in [4.78, 5) is 16.2. The molecule has 1 heterocycles. The molecule has 1 N–H and O–H groups in total. The average Bonchev–Trinajstić information content (AvgIpc) is 3.23. The minimum atomic E-state index is -0.319. The van der Waals surface area contributed by atoms with Crippen LogP contribution < -0.4 is 5.32 Å². The zero-order valence-electron chi connectivity index (χ0n) is 17.2. The first-order chi connectivity index (χ1) is 14.5. The molecule has 3 rings (SSSR count). The zero-order valence-corrected chi connectivity index (χ0v) is 17.2. The van der Waals surface area contributed by atoms with Crippen molar-refractivity contribution in [2.75, 3.05) is 13.2 Å². The fourth-order valence-corrected chi connectivity index (χ4v) is 2.89. The van der Waals surface area contributed by atoms with E-state index in [1.807, 2.05) is 37.3 Å². The Kier molecular flexibility index (Phi) is 7.68. The second kappa shape index (κ2) is 10.6. The molecule has 0 aliphatic carbocycles. The van der Waals surface area contributed by atoms with E-state index in [-0.39, 0.29) is 24.2 Å². The Morgan fingerprint density at radius 1 is 1.23 bits per heavy atom. The Balaban J connectivity index is 1.34. The normalized spacial score (nSPS) is 12.0. The molecule has 1 aromatic heterocycles. The summed E-state index contributed by atoms with van der Waals surface area (Å²) < 4.78 is 24.6. The van der Waals surface area contributed by atoms with Crippen LogP contribution in [0.15, 0.2) is 53.1 Å². The molecule has 3 aromatic rings. The lowest BCUT2D eigenvalue weighted by Crippen LogP contribution is -2.25. The van der Waals surface area contributed by atoms with Crippen LogP contribution in [0.3, 0.4) is 0 Å². The van der Waals surface area contributed by atoms with Gasteiger partial charge in [-0.3, -0.25) is 4.79 Å². The molecule has 2 aromatic carbocycles. The number of aryl methyl sites for hydroxylation is 2. The highest BCUT2D eigenvalue weighted by Gasteiger charge is 2.12. The number of hydrogen-bond acceptors (Lipinski definition) is 5. The highest BCUT2D eigenvalue weighted by Crippen LogP contribution is 2.19. The number of carbonyl (C=O) groups excluding carboxylic acids is 1.